The topological polar surface area (TPSA) is 77.1 Å². The van der Waals surface area contributed by atoms with Gasteiger partial charge in [0.2, 0.25) is 0 Å². The highest BCUT2D eigenvalue weighted by molar-refractivity contribution is 7.12. The van der Waals surface area contributed by atoms with Crippen molar-refractivity contribution in [3.05, 3.63) is 83.2 Å². The first-order valence-electron chi connectivity index (χ1n) is 10.6. The van der Waals surface area contributed by atoms with Crippen molar-refractivity contribution in [3.63, 3.8) is 0 Å². The van der Waals surface area contributed by atoms with E-state index in [0.29, 0.717) is 27.2 Å². The lowest BCUT2D eigenvalue weighted by molar-refractivity contribution is -0.139. The highest BCUT2D eigenvalue weighted by Gasteiger charge is 2.33. The largest absolute Gasteiger partial charge is 0.391 e. The molecule has 0 aliphatic heterocycles. The number of hydrogen-bond acceptors (Lipinski definition) is 5. The Hall–Kier alpha value is -3.99. The molecule has 0 saturated heterocycles. The molecular weight excluding hydrogens is 477 g/mol. The number of nitrogens with one attached hydrogen (secondary N) is 1. The second kappa shape index (κ2) is 8.99. The molecule has 1 atom stereocenters. The van der Waals surface area contributed by atoms with E-state index in [0.717, 1.165) is 22.5 Å². The first-order chi connectivity index (χ1) is 16.8. The third-order valence-corrected chi connectivity index (χ3v) is 6.40. The van der Waals surface area contributed by atoms with Crippen molar-refractivity contribution in [2.24, 2.45) is 7.05 Å². The summed E-state index contributed by atoms with van der Waals surface area (Å²) in [6.45, 7) is 0. The van der Waals surface area contributed by atoms with Gasteiger partial charge < -0.3 is 5.32 Å². The van der Waals surface area contributed by atoms with Crippen molar-refractivity contribution in [1.29, 1.82) is 0 Å². The highest BCUT2D eigenvalue weighted by Crippen LogP contribution is 2.32. The van der Waals surface area contributed by atoms with Crippen molar-refractivity contribution in [2.45, 2.75) is 18.6 Å². The maximum absolute atomic E-state index is 13.2. The van der Waals surface area contributed by atoms with Gasteiger partial charge in [-0.25, -0.2) is 9.50 Å². The first-order valence-corrected chi connectivity index (χ1v) is 11.5. The Bertz CT molecular complexity index is 1490. The Balaban J connectivity index is 1.38. The van der Waals surface area contributed by atoms with Crippen LogP contribution in [-0.4, -0.2) is 36.5 Å². The first kappa shape index (κ1) is 22.8. The van der Waals surface area contributed by atoms with E-state index < -0.39 is 24.5 Å². The molecule has 0 unspecified atom stereocenters. The molecule has 35 heavy (non-hydrogen) atoms. The Morgan fingerprint density at radius 2 is 1.83 bits per heavy atom. The summed E-state index contributed by atoms with van der Waals surface area (Å²) in [7, 11) is 1.83. The van der Waals surface area contributed by atoms with Crippen molar-refractivity contribution in [3.8, 4) is 22.3 Å². The number of aryl methyl sites for hydroxylation is 1. The summed E-state index contributed by atoms with van der Waals surface area (Å²) in [4.78, 5) is 17.7. The third kappa shape index (κ3) is 4.94. The molecule has 0 saturated carbocycles. The van der Waals surface area contributed by atoms with Gasteiger partial charge in [-0.05, 0) is 22.6 Å². The molecule has 4 heterocycles. The average molecular weight is 497 g/mol. The van der Waals surface area contributed by atoms with Crippen LogP contribution < -0.4 is 5.32 Å². The fourth-order valence-corrected chi connectivity index (χ4v) is 4.60. The zero-order chi connectivity index (χ0) is 24.6. The molecule has 0 spiro atoms. The molecule has 11 heteroatoms. The van der Waals surface area contributed by atoms with Crippen LogP contribution >= 0.6 is 11.3 Å². The third-order valence-electron chi connectivity index (χ3n) is 5.47. The molecule has 1 amide bonds. The Labute approximate surface area is 201 Å². The quantitative estimate of drug-likeness (QED) is 0.347. The maximum Gasteiger partial charge on any atom is 0.391 e. The fraction of sp³-hybridized carbons (Fsp3) is 0.167. The molecular formula is C24H19F3N6OS. The van der Waals surface area contributed by atoms with E-state index in [2.05, 4.69) is 20.5 Å². The van der Waals surface area contributed by atoms with Gasteiger partial charge in [-0.1, -0.05) is 30.3 Å². The molecule has 0 aliphatic rings. The van der Waals surface area contributed by atoms with Gasteiger partial charge in [0.25, 0.3) is 5.91 Å². The lowest BCUT2D eigenvalue weighted by Gasteiger charge is -2.20. The van der Waals surface area contributed by atoms with Gasteiger partial charge in [0, 0.05) is 42.3 Å². The van der Waals surface area contributed by atoms with Crippen LogP contribution in [0.25, 0.3) is 27.9 Å². The van der Waals surface area contributed by atoms with Crippen LogP contribution in [0.2, 0.25) is 0 Å². The summed E-state index contributed by atoms with van der Waals surface area (Å²) in [6.07, 6.45) is 3.24. The predicted octanol–water partition coefficient (Wildman–Crippen LogP) is 5.28. The number of carbonyl (C=O) groups excluding carboxylic acids is 1. The number of carbonyl (C=O) groups is 1. The summed E-state index contributed by atoms with van der Waals surface area (Å²) < 4.78 is 42.8. The molecule has 178 valence electrons. The van der Waals surface area contributed by atoms with Crippen LogP contribution in [0.4, 0.5) is 13.2 Å². The van der Waals surface area contributed by atoms with Crippen molar-refractivity contribution in [2.75, 3.05) is 0 Å². The number of nitrogens with zero attached hydrogens (tertiary/aromatic N) is 5. The van der Waals surface area contributed by atoms with Gasteiger partial charge in [0.1, 0.15) is 0 Å². The number of rotatable bonds is 6. The van der Waals surface area contributed by atoms with E-state index >= 15 is 0 Å². The summed E-state index contributed by atoms with van der Waals surface area (Å²) in [5.74, 6) is -0.567. The standard InChI is InChI=1S/C24H19F3N6OS/c1-32-12-18(10-29-32)17-9-28-22-19(11-30-33(22)13-17)16-7-21(35-14-16)23(34)31-20(8-24(25,26)27)15-5-3-2-4-6-15/h2-7,9-14,20H,8H2,1H3,(H,31,34)/t20-/m0/s1. The predicted molar refractivity (Wildman–Crippen MR) is 126 cm³/mol. The fourth-order valence-electron chi connectivity index (χ4n) is 3.79. The lowest BCUT2D eigenvalue weighted by atomic mass is 10.0. The SMILES string of the molecule is Cn1cc(-c2cnc3c(-c4csc(C(=O)N[C@@H](CC(F)(F)F)c5ccccc5)c4)cnn3c2)cn1. The molecule has 0 fully saturated rings. The van der Waals surface area contributed by atoms with Gasteiger partial charge in [0.15, 0.2) is 5.65 Å². The molecule has 7 nitrogen and oxygen atoms in total. The maximum atomic E-state index is 13.2. The van der Waals surface area contributed by atoms with Crippen LogP contribution in [-0.2, 0) is 7.05 Å². The molecule has 0 bridgehead atoms. The normalized spacial score (nSPS) is 12.7. The molecule has 4 aromatic heterocycles. The molecule has 0 radical (unpaired) electrons. The van der Waals surface area contributed by atoms with Gasteiger partial charge in [-0.2, -0.15) is 23.4 Å². The lowest BCUT2D eigenvalue weighted by Crippen LogP contribution is -2.31. The van der Waals surface area contributed by atoms with Crippen molar-refractivity contribution < 1.29 is 18.0 Å². The number of thiophene rings is 1. The molecule has 5 aromatic rings. The number of benzene rings is 1. The number of halogens is 3. The van der Waals surface area contributed by atoms with Gasteiger partial charge >= 0.3 is 6.18 Å². The summed E-state index contributed by atoms with van der Waals surface area (Å²) in [5, 5.41) is 12.8. The number of alkyl halides is 3. The van der Waals surface area contributed by atoms with Crippen LogP contribution in [0, 0.1) is 0 Å². The number of fused-ring (bicyclic) bond motifs is 1. The molecule has 5 rings (SSSR count). The van der Waals surface area contributed by atoms with E-state index in [1.54, 1.807) is 69.6 Å². The zero-order valence-electron chi connectivity index (χ0n) is 18.4. The second-order valence-corrected chi connectivity index (χ2v) is 8.94. The zero-order valence-corrected chi connectivity index (χ0v) is 19.2. The summed E-state index contributed by atoms with van der Waals surface area (Å²) in [6, 6.07) is 8.60. The number of amides is 1. The van der Waals surface area contributed by atoms with E-state index in [-0.39, 0.29) is 0 Å². The smallest absolute Gasteiger partial charge is 0.344 e. The van der Waals surface area contributed by atoms with E-state index in [1.165, 1.54) is 0 Å². The van der Waals surface area contributed by atoms with Gasteiger partial charge in [-0.3, -0.25) is 9.48 Å². The Morgan fingerprint density at radius 3 is 2.54 bits per heavy atom. The molecule has 1 aromatic carbocycles. The Kier molecular flexibility index (Phi) is 5.85. The van der Waals surface area contributed by atoms with Crippen LogP contribution in [0.3, 0.4) is 0 Å². The minimum Gasteiger partial charge on any atom is -0.344 e. The summed E-state index contributed by atoms with van der Waals surface area (Å²) in [5.41, 5.74) is 4.17. The summed E-state index contributed by atoms with van der Waals surface area (Å²) >= 11 is 1.15. The molecule has 1 N–H and O–H groups in total. The monoisotopic (exact) mass is 496 g/mol. The number of aromatic nitrogens is 5. The number of hydrogen-bond donors (Lipinski definition) is 1. The average Bonchev–Trinajstić information content (AvgIpc) is 3.57. The van der Waals surface area contributed by atoms with Crippen LogP contribution in [0.15, 0.2) is 72.8 Å². The second-order valence-electron chi connectivity index (χ2n) is 8.03. The minimum absolute atomic E-state index is 0.300. The van der Waals surface area contributed by atoms with Crippen LogP contribution in [0.1, 0.15) is 27.7 Å². The van der Waals surface area contributed by atoms with Crippen molar-refractivity contribution >= 4 is 22.9 Å². The highest BCUT2D eigenvalue weighted by atomic mass is 32.1. The van der Waals surface area contributed by atoms with E-state index in [4.69, 9.17) is 0 Å². The van der Waals surface area contributed by atoms with Gasteiger partial charge in [0.05, 0.1) is 29.7 Å². The van der Waals surface area contributed by atoms with Gasteiger partial charge in [-0.15, -0.1) is 11.3 Å². The molecule has 0 aliphatic carbocycles. The van der Waals surface area contributed by atoms with Crippen LogP contribution in [0.5, 0.6) is 0 Å². The van der Waals surface area contributed by atoms with Crippen molar-refractivity contribution in [1.82, 2.24) is 29.7 Å². The van der Waals surface area contributed by atoms with E-state index in [9.17, 15) is 18.0 Å². The van der Waals surface area contributed by atoms with E-state index in [1.807, 2.05) is 19.4 Å². The Morgan fingerprint density at radius 1 is 1.06 bits per heavy atom. The minimum atomic E-state index is -4.42.